The first-order valence-corrected chi connectivity index (χ1v) is 5.65. The van der Waals surface area contributed by atoms with E-state index in [0.29, 0.717) is 6.10 Å². The topological polar surface area (TPSA) is 34.2 Å². The van der Waals surface area contributed by atoms with Crippen LogP contribution >= 0.6 is 0 Å². The van der Waals surface area contributed by atoms with Crippen molar-refractivity contribution in [1.29, 1.82) is 0 Å². The summed E-state index contributed by atoms with van der Waals surface area (Å²) in [6, 6.07) is 4.02. The fraction of sp³-hybridized carbons (Fsp3) is 0.583. The van der Waals surface area contributed by atoms with Crippen LogP contribution in [0.1, 0.15) is 31.2 Å². The predicted octanol–water partition coefficient (Wildman–Crippen LogP) is 2.12. The molecule has 1 aliphatic carbocycles. The van der Waals surface area contributed by atoms with Crippen molar-refractivity contribution >= 4 is 0 Å². The average molecular weight is 206 g/mol. The van der Waals surface area contributed by atoms with Crippen molar-refractivity contribution in [2.24, 2.45) is 0 Å². The number of aromatic nitrogens is 1. The van der Waals surface area contributed by atoms with Gasteiger partial charge in [0.2, 0.25) is 5.88 Å². The van der Waals surface area contributed by atoms with Crippen molar-refractivity contribution < 1.29 is 4.74 Å². The van der Waals surface area contributed by atoms with E-state index >= 15 is 0 Å². The molecule has 0 spiro atoms. The Morgan fingerprint density at radius 1 is 1.47 bits per heavy atom. The maximum Gasteiger partial charge on any atom is 0.218 e. The van der Waals surface area contributed by atoms with Crippen LogP contribution in [0.5, 0.6) is 5.88 Å². The summed E-state index contributed by atoms with van der Waals surface area (Å²) >= 11 is 0. The molecule has 0 radical (unpaired) electrons. The highest BCUT2D eigenvalue weighted by Gasteiger charge is 2.18. The quantitative estimate of drug-likeness (QED) is 0.819. The molecular weight excluding hydrogens is 188 g/mol. The van der Waals surface area contributed by atoms with E-state index in [0.717, 1.165) is 18.0 Å². The van der Waals surface area contributed by atoms with Crippen LogP contribution in [0.2, 0.25) is 0 Å². The van der Waals surface area contributed by atoms with E-state index in [-0.39, 0.29) is 0 Å². The van der Waals surface area contributed by atoms with Gasteiger partial charge in [-0.15, -0.1) is 0 Å². The summed E-state index contributed by atoms with van der Waals surface area (Å²) in [7, 11) is 1.94. The normalized spacial score (nSPS) is 16.9. The Morgan fingerprint density at radius 3 is 3.00 bits per heavy atom. The zero-order valence-corrected chi connectivity index (χ0v) is 9.20. The summed E-state index contributed by atoms with van der Waals surface area (Å²) in [5.74, 6) is 0.804. The van der Waals surface area contributed by atoms with Gasteiger partial charge >= 0.3 is 0 Å². The molecule has 1 aromatic heterocycles. The van der Waals surface area contributed by atoms with Crippen molar-refractivity contribution in [3.63, 3.8) is 0 Å². The van der Waals surface area contributed by atoms with Crippen LogP contribution in [0, 0.1) is 0 Å². The summed E-state index contributed by atoms with van der Waals surface area (Å²) in [6.07, 6.45) is 7.11. The molecule has 1 N–H and O–H groups in total. The van der Waals surface area contributed by atoms with Crippen molar-refractivity contribution in [3.05, 3.63) is 23.9 Å². The van der Waals surface area contributed by atoms with E-state index in [1.54, 1.807) is 6.20 Å². The van der Waals surface area contributed by atoms with Crippen molar-refractivity contribution in [2.45, 2.75) is 38.3 Å². The molecule has 1 aromatic rings. The first-order chi connectivity index (χ1) is 7.40. The molecule has 0 amide bonds. The van der Waals surface area contributed by atoms with Crippen molar-refractivity contribution in [2.75, 3.05) is 7.05 Å². The maximum atomic E-state index is 5.91. The number of nitrogens with one attached hydrogen (secondary N) is 1. The molecule has 1 aliphatic rings. The third-order valence-electron chi connectivity index (χ3n) is 2.80. The van der Waals surface area contributed by atoms with E-state index < -0.39 is 0 Å². The highest BCUT2D eigenvalue weighted by atomic mass is 16.5. The van der Waals surface area contributed by atoms with Crippen LogP contribution in [0.25, 0.3) is 0 Å². The number of hydrogen-bond acceptors (Lipinski definition) is 3. The smallest absolute Gasteiger partial charge is 0.218 e. The Bertz CT molecular complexity index is 308. The van der Waals surface area contributed by atoms with Gasteiger partial charge in [0.25, 0.3) is 0 Å². The fourth-order valence-corrected chi connectivity index (χ4v) is 2.02. The number of pyridine rings is 1. The summed E-state index contributed by atoms with van der Waals surface area (Å²) in [6.45, 7) is 0.815. The van der Waals surface area contributed by atoms with Crippen LogP contribution in [0.3, 0.4) is 0 Å². The average Bonchev–Trinajstić information content (AvgIpc) is 2.74. The molecule has 0 aliphatic heterocycles. The largest absolute Gasteiger partial charge is 0.474 e. The lowest BCUT2D eigenvalue weighted by Crippen LogP contribution is -2.15. The van der Waals surface area contributed by atoms with E-state index in [1.807, 2.05) is 13.1 Å². The summed E-state index contributed by atoms with van der Waals surface area (Å²) < 4.78 is 5.91. The number of ether oxygens (including phenoxy) is 1. The SMILES string of the molecule is CNCc1cccnc1OC1CCCC1. The van der Waals surface area contributed by atoms with E-state index in [4.69, 9.17) is 4.74 Å². The van der Waals surface area contributed by atoms with Crippen molar-refractivity contribution in [3.8, 4) is 5.88 Å². The highest BCUT2D eigenvalue weighted by molar-refractivity contribution is 5.25. The van der Waals surface area contributed by atoms with Gasteiger partial charge in [0, 0.05) is 18.3 Å². The van der Waals surface area contributed by atoms with Gasteiger partial charge in [-0.05, 0) is 38.8 Å². The first kappa shape index (κ1) is 10.4. The Kier molecular flexibility index (Phi) is 3.56. The second-order valence-electron chi connectivity index (χ2n) is 4.02. The minimum atomic E-state index is 0.385. The van der Waals surface area contributed by atoms with Crippen LogP contribution in [0.15, 0.2) is 18.3 Å². The monoisotopic (exact) mass is 206 g/mol. The van der Waals surface area contributed by atoms with Crippen LogP contribution in [-0.4, -0.2) is 18.1 Å². The van der Waals surface area contributed by atoms with Gasteiger partial charge in [-0.25, -0.2) is 4.98 Å². The molecule has 3 heteroatoms. The van der Waals surface area contributed by atoms with E-state index in [2.05, 4.69) is 16.4 Å². The standard InChI is InChI=1S/C12H18N2O/c1-13-9-10-5-4-8-14-12(10)15-11-6-2-3-7-11/h4-5,8,11,13H,2-3,6-7,9H2,1H3. The molecule has 3 nitrogen and oxygen atoms in total. The fourth-order valence-electron chi connectivity index (χ4n) is 2.02. The predicted molar refractivity (Wildman–Crippen MR) is 59.9 cm³/mol. The van der Waals surface area contributed by atoms with Gasteiger partial charge in [0.15, 0.2) is 0 Å². The van der Waals surface area contributed by atoms with Crippen molar-refractivity contribution in [1.82, 2.24) is 10.3 Å². The van der Waals surface area contributed by atoms with E-state index in [9.17, 15) is 0 Å². The molecule has 0 atom stereocenters. The molecule has 15 heavy (non-hydrogen) atoms. The zero-order chi connectivity index (χ0) is 10.5. The van der Waals surface area contributed by atoms with Gasteiger partial charge in [-0.1, -0.05) is 6.07 Å². The molecular formula is C12H18N2O. The molecule has 1 heterocycles. The summed E-state index contributed by atoms with van der Waals surface area (Å²) in [5, 5.41) is 3.13. The first-order valence-electron chi connectivity index (χ1n) is 5.65. The summed E-state index contributed by atoms with van der Waals surface area (Å²) in [5.41, 5.74) is 1.15. The number of rotatable bonds is 4. The Hall–Kier alpha value is -1.09. The van der Waals surface area contributed by atoms with Gasteiger partial charge in [0.1, 0.15) is 6.10 Å². The molecule has 2 rings (SSSR count). The molecule has 0 unspecified atom stereocenters. The minimum absolute atomic E-state index is 0.385. The zero-order valence-electron chi connectivity index (χ0n) is 9.20. The van der Waals surface area contributed by atoms with Crippen LogP contribution in [-0.2, 0) is 6.54 Å². The third kappa shape index (κ3) is 2.69. The Balaban J connectivity index is 2.05. The molecule has 1 saturated carbocycles. The lowest BCUT2D eigenvalue weighted by molar-refractivity contribution is 0.199. The van der Waals surface area contributed by atoms with E-state index in [1.165, 1.54) is 25.7 Å². The lowest BCUT2D eigenvalue weighted by Gasteiger charge is -2.14. The van der Waals surface area contributed by atoms with Gasteiger partial charge in [-0.3, -0.25) is 0 Å². The molecule has 0 saturated heterocycles. The van der Waals surface area contributed by atoms with Gasteiger partial charge < -0.3 is 10.1 Å². The third-order valence-corrected chi connectivity index (χ3v) is 2.80. The molecule has 1 fully saturated rings. The number of nitrogens with zero attached hydrogens (tertiary/aromatic N) is 1. The van der Waals surface area contributed by atoms with Crippen LogP contribution < -0.4 is 10.1 Å². The molecule has 0 aromatic carbocycles. The molecule has 0 bridgehead atoms. The van der Waals surface area contributed by atoms with Gasteiger partial charge in [0.05, 0.1) is 0 Å². The van der Waals surface area contributed by atoms with Crippen LogP contribution in [0.4, 0.5) is 0 Å². The number of hydrogen-bond donors (Lipinski definition) is 1. The Morgan fingerprint density at radius 2 is 2.27 bits per heavy atom. The second-order valence-corrected chi connectivity index (χ2v) is 4.02. The maximum absolute atomic E-state index is 5.91. The lowest BCUT2D eigenvalue weighted by atomic mass is 10.2. The Labute approximate surface area is 90.9 Å². The highest BCUT2D eigenvalue weighted by Crippen LogP contribution is 2.24. The summed E-state index contributed by atoms with van der Waals surface area (Å²) in [4.78, 5) is 4.30. The second kappa shape index (κ2) is 5.12. The minimum Gasteiger partial charge on any atom is -0.474 e. The molecule has 82 valence electrons. The van der Waals surface area contributed by atoms with Gasteiger partial charge in [-0.2, -0.15) is 0 Å².